The van der Waals surface area contributed by atoms with Crippen LogP contribution in [0, 0.1) is 15.9 Å². The van der Waals surface area contributed by atoms with Crippen LogP contribution in [0.5, 0.6) is 17.2 Å². The van der Waals surface area contributed by atoms with Gasteiger partial charge in [-0.2, -0.15) is 0 Å². The number of halogens is 1. The average molecular weight is 498 g/mol. The van der Waals surface area contributed by atoms with Crippen LogP contribution in [0.4, 0.5) is 15.8 Å². The number of benzene rings is 3. The fourth-order valence-electron chi connectivity index (χ4n) is 4.02. The van der Waals surface area contributed by atoms with Crippen LogP contribution in [-0.2, 0) is 6.42 Å². The van der Waals surface area contributed by atoms with E-state index in [1.807, 2.05) is 17.0 Å². The van der Waals surface area contributed by atoms with E-state index in [9.17, 15) is 14.5 Å². The van der Waals surface area contributed by atoms with E-state index in [1.54, 1.807) is 38.5 Å². The average Bonchev–Trinajstić information content (AvgIpc) is 2.87. The number of ether oxygens (including phenoxy) is 3. The summed E-state index contributed by atoms with van der Waals surface area (Å²) in [6, 6.07) is 15.5. The molecule has 0 radical (unpaired) electrons. The van der Waals surface area contributed by atoms with Crippen LogP contribution < -0.4 is 19.5 Å². The minimum absolute atomic E-state index is 0.0000140. The Kier molecular flexibility index (Phi) is 7.31. The molecule has 1 aliphatic rings. The first kappa shape index (κ1) is 24.2. The Morgan fingerprint density at radius 1 is 1.11 bits per heavy atom. The first-order chi connectivity index (χ1) is 16.9. The molecular formula is C25H24FN3O5S. The van der Waals surface area contributed by atoms with Gasteiger partial charge in [0.25, 0.3) is 5.69 Å². The molecule has 0 aliphatic carbocycles. The second-order valence-corrected chi connectivity index (χ2v) is 8.25. The van der Waals surface area contributed by atoms with E-state index in [4.69, 9.17) is 26.4 Å². The molecule has 1 N–H and O–H groups in total. The van der Waals surface area contributed by atoms with Crippen LogP contribution in [-0.4, -0.2) is 42.3 Å². The van der Waals surface area contributed by atoms with Crippen molar-refractivity contribution < 1.29 is 23.5 Å². The van der Waals surface area contributed by atoms with E-state index in [2.05, 4.69) is 5.32 Å². The van der Waals surface area contributed by atoms with Gasteiger partial charge in [0.05, 0.1) is 25.2 Å². The van der Waals surface area contributed by atoms with Crippen LogP contribution in [0.2, 0.25) is 0 Å². The lowest BCUT2D eigenvalue weighted by molar-refractivity contribution is -0.384. The van der Waals surface area contributed by atoms with Crippen molar-refractivity contribution in [2.45, 2.75) is 12.5 Å². The number of nitro benzene ring substituents is 1. The van der Waals surface area contributed by atoms with E-state index in [0.29, 0.717) is 41.0 Å². The first-order valence-electron chi connectivity index (χ1n) is 10.8. The monoisotopic (exact) mass is 497 g/mol. The van der Waals surface area contributed by atoms with Gasteiger partial charge in [0.1, 0.15) is 18.2 Å². The smallest absolute Gasteiger partial charge is 0.269 e. The molecule has 8 nitrogen and oxygen atoms in total. The van der Waals surface area contributed by atoms with Crippen molar-refractivity contribution in [1.29, 1.82) is 0 Å². The Labute approximate surface area is 207 Å². The summed E-state index contributed by atoms with van der Waals surface area (Å²) in [5, 5.41) is 14.6. The van der Waals surface area contributed by atoms with E-state index in [-0.39, 0.29) is 24.2 Å². The van der Waals surface area contributed by atoms with Crippen LogP contribution in [0.25, 0.3) is 0 Å². The van der Waals surface area contributed by atoms with Crippen molar-refractivity contribution in [3.63, 3.8) is 0 Å². The summed E-state index contributed by atoms with van der Waals surface area (Å²) >= 11 is 5.72. The zero-order chi connectivity index (χ0) is 24.9. The third-order valence-corrected chi connectivity index (χ3v) is 6.15. The second-order valence-electron chi connectivity index (χ2n) is 7.86. The largest absolute Gasteiger partial charge is 0.493 e. The molecule has 1 aliphatic heterocycles. The quantitative estimate of drug-likeness (QED) is 0.273. The summed E-state index contributed by atoms with van der Waals surface area (Å²) in [6.45, 7) is 0.856. The Morgan fingerprint density at radius 3 is 2.40 bits per heavy atom. The number of methoxy groups -OCH3 is 2. The summed E-state index contributed by atoms with van der Waals surface area (Å²) in [5.74, 6) is 1.43. The summed E-state index contributed by atoms with van der Waals surface area (Å²) in [5.41, 5.74) is 2.70. The number of rotatable bonds is 7. The normalized spacial score (nSPS) is 14.6. The Hall–Kier alpha value is -3.92. The topological polar surface area (TPSA) is 86.1 Å². The third kappa shape index (κ3) is 5.43. The molecule has 4 rings (SSSR count). The molecule has 35 heavy (non-hydrogen) atoms. The molecule has 0 amide bonds. The summed E-state index contributed by atoms with van der Waals surface area (Å²) in [4.78, 5) is 12.5. The predicted molar refractivity (Wildman–Crippen MR) is 134 cm³/mol. The van der Waals surface area contributed by atoms with Crippen molar-refractivity contribution >= 4 is 28.7 Å². The zero-order valence-electron chi connectivity index (χ0n) is 19.2. The highest BCUT2D eigenvalue weighted by Crippen LogP contribution is 2.38. The molecule has 0 saturated carbocycles. The number of thiocarbonyl (C=S) groups is 1. The van der Waals surface area contributed by atoms with Gasteiger partial charge in [0.2, 0.25) is 0 Å². The number of nitro groups is 1. The molecule has 3 aromatic carbocycles. The number of nitrogens with zero attached hydrogens (tertiary/aromatic N) is 2. The molecule has 10 heteroatoms. The van der Waals surface area contributed by atoms with E-state index in [0.717, 1.165) is 11.1 Å². The molecule has 0 spiro atoms. The Bertz CT molecular complexity index is 1220. The fourth-order valence-corrected chi connectivity index (χ4v) is 4.36. The van der Waals surface area contributed by atoms with Gasteiger partial charge in [-0.25, -0.2) is 4.39 Å². The van der Waals surface area contributed by atoms with Gasteiger partial charge in [-0.3, -0.25) is 10.1 Å². The predicted octanol–water partition coefficient (Wildman–Crippen LogP) is 5.13. The van der Waals surface area contributed by atoms with Crippen LogP contribution in [0.3, 0.4) is 0 Å². The zero-order valence-corrected chi connectivity index (χ0v) is 20.0. The van der Waals surface area contributed by atoms with Crippen LogP contribution >= 0.6 is 12.2 Å². The number of hydrogen-bond donors (Lipinski definition) is 1. The maximum atomic E-state index is 13.3. The molecule has 0 fully saturated rings. The first-order valence-corrected chi connectivity index (χ1v) is 11.3. The number of non-ortho nitro benzene ring substituents is 1. The maximum Gasteiger partial charge on any atom is 0.269 e. The molecule has 1 heterocycles. The molecule has 0 bridgehead atoms. The molecule has 182 valence electrons. The Balaban J connectivity index is 1.62. The van der Waals surface area contributed by atoms with E-state index in [1.165, 1.54) is 24.3 Å². The summed E-state index contributed by atoms with van der Waals surface area (Å²) < 4.78 is 30.3. The lowest BCUT2D eigenvalue weighted by atomic mass is 9.92. The number of nitrogens with one attached hydrogen (secondary N) is 1. The minimum Gasteiger partial charge on any atom is -0.493 e. The van der Waals surface area contributed by atoms with Crippen molar-refractivity contribution in [3.8, 4) is 17.2 Å². The van der Waals surface area contributed by atoms with E-state index >= 15 is 0 Å². The third-order valence-electron chi connectivity index (χ3n) is 5.81. The molecule has 3 aromatic rings. The highest BCUT2D eigenvalue weighted by molar-refractivity contribution is 7.80. The second kappa shape index (κ2) is 10.6. The highest BCUT2D eigenvalue weighted by Gasteiger charge is 2.31. The van der Waals surface area contributed by atoms with Gasteiger partial charge < -0.3 is 24.4 Å². The fraction of sp³-hybridized carbons (Fsp3) is 0.240. The standard InChI is InChI=1S/C25H24FN3O5S/c1-32-23-13-16-11-12-28(25(35)27-18-5-7-19(8-6-18)29(30)31)22(21(16)14-24(23)33-2)15-34-20-9-3-17(26)4-10-20/h3-10,13-14,22H,11-12,15H2,1-2H3,(H,27,35). The molecule has 0 aromatic heterocycles. The van der Waals surface area contributed by atoms with E-state index < -0.39 is 4.92 Å². The highest BCUT2D eigenvalue weighted by atomic mass is 32.1. The van der Waals surface area contributed by atoms with Gasteiger partial charge in [0, 0.05) is 24.4 Å². The van der Waals surface area contributed by atoms with Gasteiger partial charge in [0.15, 0.2) is 16.6 Å². The molecular weight excluding hydrogens is 473 g/mol. The summed E-state index contributed by atoms with van der Waals surface area (Å²) in [7, 11) is 3.17. The lowest BCUT2D eigenvalue weighted by Gasteiger charge is -2.39. The minimum atomic E-state index is -0.450. The molecule has 1 unspecified atom stereocenters. The molecule has 1 atom stereocenters. The van der Waals surface area contributed by atoms with Crippen molar-refractivity contribution in [3.05, 3.63) is 87.7 Å². The van der Waals surface area contributed by atoms with Crippen molar-refractivity contribution in [2.75, 3.05) is 32.7 Å². The van der Waals surface area contributed by atoms with Crippen LogP contribution in [0.1, 0.15) is 17.2 Å². The van der Waals surface area contributed by atoms with Crippen molar-refractivity contribution in [1.82, 2.24) is 4.90 Å². The van der Waals surface area contributed by atoms with Gasteiger partial charge in [-0.15, -0.1) is 0 Å². The summed E-state index contributed by atoms with van der Waals surface area (Å²) in [6.07, 6.45) is 0.713. The maximum absolute atomic E-state index is 13.3. The van der Waals surface area contributed by atoms with Gasteiger partial charge in [-0.05, 0) is 78.3 Å². The van der Waals surface area contributed by atoms with Crippen LogP contribution in [0.15, 0.2) is 60.7 Å². The number of fused-ring (bicyclic) bond motifs is 1. The SMILES string of the molecule is COc1cc2c(cc1OC)C(COc1ccc(F)cc1)N(C(=S)Nc1ccc([N+](=O)[O-])cc1)CC2. The van der Waals surface area contributed by atoms with Crippen molar-refractivity contribution in [2.24, 2.45) is 0 Å². The van der Waals surface area contributed by atoms with Gasteiger partial charge >= 0.3 is 0 Å². The lowest BCUT2D eigenvalue weighted by Crippen LogP contribution is -2.44. The number of anilines is 1. The van der Waals surface area contributed by atoms with Gasteiger partial charge in [-0.1, -0.05) is 0 Å². The Morgan fingerprint density at radius 2 is 1.77 bits per heavy atom. The number of hydrogen-bond acceptors (Lipinski definition) is 6. The molecule has 0 saturated heterocycles.